The molecule has 0 aliphatic heterocycles. The normalized spacial score (nSPS) is 10.5. The van der Waals surface area contributed by atoms with Gasteiger partial charge in [0.15, 0.2) is 6.29 Å². The molecule has 0 unspecified atom stereocenters. The predicted molar refractivity (Wildman–Crippen MR) is 147 cm³/mol. The van der Waals surface area contributed by atoms with Crippen LogP contribution in [0.1, 0.15) is 52.6 Å². The summed E-state index contributed by atoms with van der Waals surface area (Å²) in [6.45, 7) is 0. The number of carboxylic acids is 1. The average Bonchev–Trinajstić information content (AvgIpc) is 2.90. The van der Waals surface area contributed by atoms with E-state index in [9.17, 15) is 24.3 Å². The Labute approximate surface area is 228 Å². The number of carbonyl (C=O) groups is 4. The van der Waals surface area contributed by atoms with Crippen molar-refractivity contribution in [3.63, 3.8) is 0 Å². The Balaban J connectivity index is 1.51. The molecule has 0 aliphatic carbocycles. The SMILES string of the molecule is O=Cc1cc(Cc2ccc(NC(=O)c3ccc(Cl)cc3)c(C(=O)O)c2)ccc1NC(=O)c1ccc(Cl)cc1. The number of aldehydes is 1. The van der Waals surface area contributed by atoms with Gasteiger partial charge in [-0.15, -0.1) is 0 Å². The van der Waals surface area contributed by atoms with Crippen molar-refractivity contribution in [2.75, 3.05) is 10.6 Å². The molecule has 9 heteroatoms. The number of nitrogens with one attached hydrogen (secondary N) is 2. The molecule has 0 aromatic heterocycles. The summed E-state index contributed by atoms with van der Waals surface area (Å²) in [5, 5.41) is 16.0. The Bertz CT molecular complexity index is 1530. The second-order valence-corrected chi connectivity index (χ2v) is 9.20. The van der Waals surface area contributed by atoms with Gasteiger partial charge in [0.2, 0.25) is 0 Å². The van der Waals surface area contributed by atoms with Crippen molar-refractivity contribution in [2.45, 2.75) is 6.42 Å². The number of benzene rings is 4. The monoisotopic (exact) mass is 546 g/mol. The van der Waals surface area contributed by atoms with Crippen LogP contribution in [-0.2, 0) is 6.42 Å². The van der Waals surface area contributed by atoms with Crippen molar-refractivity contribution in [3.8, 4) is 0 Å². The molecule has 3 N–H and O–H groups in total. The van der Waals surface area contributed by atoms with Crippen molar-refractivity contribution in [1.82, 2.24) is 0 Å². The van der Waals surface area contributed by atoms with E-state index in [2.05, 4.69) is 10.6 Å². The van der Waals surface area contributed by atoms with Crippen molar-refractivity contribution >= 4 is 58.6 Å². The standard InChI is InChI=1S/C29H20Cl2N2O5/c30-22-7-3-19(4-8-22)27(35)32-25-11-1-17(14-21(25)16-34)13-18-2-12-26(24(15-18)29(37)38)33-28(36)20-5-9-23(31)10-6-20/h1-12,14-16H,13H2,(H,32,35)(H,33,36)(H,37,38). The Morgan fingerprint density at radius 2 is 1.16 bits per heavy atom. The minimum absolute atomic E-state index is 0.0766. The van der Waals surface area contributed by atoms with Crippen molar-refractivity contribution < 1.29 is 24.3 Å². The van der Waals surface area contributed by atoms with Crippen molar-refractivity contribution in [1.29, 1.82) is 0 Å². The van der Waals surface area contributed by atoms with E-state index in [0.29, 0.717) is 45.1 Å². The number of hydrogen-bond acceptors (Lipinski definition) is 4. The first-order chi connectivity index (χ1) is 18.2. The lowest BCUT2D eigenvalue weighted by Gasteiger charge is -2.12. The van der Waals surface area contributed by atoms with Crippen LogP contribution in [0, 0.1) is 0 Å². The summed E-state index contributed by atoms with van der Waals surface area (Å²) in [5.41, 5.74) is 2.79. The number of halogens is 2. The predicted octanol–water partition coefficient (Wildman–Crippen LogP) is 6.60. The number of hydrogen-bond donors (Lipinski definition) is 3. The van der Waals surface area contributed by atoms with Gasteiger partial charge in [-0.1, -0.05) is 35.3 Å². The van der Waals surface area contributed by atoms with Crippen LogP contribution in [0.3, 0.4) is 0 Å². The van der Waals surface area contributed by atoms with E-state index in [-0.39, 0.29) is 22.7 Å². The average molecular weight is 547 g/mol. The largest absolute Gasteiger partial charge is 0.478 e. The van der Waals surface area contributed by atoms with Crippen molar-refractivity contribution in [2.24, 2.45) is 0 Å². The summed E-state index contributed by atoms with van der Waals surface area (Å²) in [5.74, 6) is -2.06. The number of carboxylic acid groups (broad SMARTS) is 1. The maximum atomic E-state index is 12.5. The fraction of sp³-hybridized carbons (Fsp3) is 0.0345. The van der Waals surface area contributed by atoms with Crippen LogP contribution < -0.4 is 10.6 Å². The fourth-order valence-electron chi connectivity index (χ4n) is 3.75. The highest BCUT2D eigenvalue weighted by molar-refractivity contribution is 6.31. The van der Waals surface area contributed by atoms with Crippen molar-refractivity contribution in [3.05, 3.63) is 128 Å². The van der Waals surface area contributed by atoms with E-state index >= 15 is 0 Å². The van der Waals surface area contributed by atoms with E-state index < -0.39 is 11.9 Å². The molecule has 38 heavy (non-hydrogen) atoms. The second-order valence-electron chi connectivity index (χ2n) is 8.32. The highest BCUT2D eigenvalue weighted by Gasteiger charge is 2.16. The van der Waals surface area contributed by atoms with Crippen LogP contribution in [0.25, 0.3) is 0 Å². The van der Waals surface area contributed by atoms with Gasteiger partial charge in [0.05, 0.1) is 16.9 Å². The maximum absolute atomic E-state index is 12.5. The van der Waals surface area contributed by atoms with Gasteiger partial charge >= 0.3 is 5.97 Å². The smallest absolute Gasteiger partial charge is 0.337 e. The molecule has 0 spiro atoms. The first-order valence-corrected chi connectivity index (χ1v) is 12.1. The molecule has 0 bridgehead atoms. The molecule has 4 aromatic carbocycles. The summed E-state index contributed by atoms with van der Waals surface area (Å²) in [6, 6.07) is 22.2. The minimum atomic E-state index is -1.20. The van der Waals surface area contributed by atoms with Gasteiger partial charge in [-0.25, -0.2) is 4.79 Å². The molecular weight excluding hydrogens is 527 g/mol. The van der Waals surface area contributed by atoms with E-state index in [1.807, 2.05) is 0 Å². The van der Waals surface area contributed by atoms with Crippen LogP contribution in [0.15, 0.2) is 84.9 Å². The molecule has 190 valence electrons. The number of amides is 2. The summed E-state index contributed by atoms with van der Waals surface area (Å²) in [6.07, 6.45) is 0.955. The van der Waals surface area contributed by atoms with E-state index in [4.69, 9.17) is 23.2 Å². The Hall–Kier alpha value is -4.46. The molecule has 0 heterocycles. The van der Waals surface area contributed by atoms with Crippen LogP contribution >= 0.6 is 23.2 Å². The third-order valence-corrected chi connectivity index (χ3v) is 6.18. The zero-order chi connectivity index (χ0) is 27.2. The van der Waals surface area contributed by atoms with Gasteiger partial charge in [-0.3, -0.25) is 14.4 Å². The molecular formula is C29H20Cl2N2O5. The zero-order valence-corrected chi connectivity index (χ0v) is 21.2. The quantitative estimate of drug-likeness (QED) is 0.215. The second kappa shape index (κ2) is 11.7. The lowest BCUT2D eigenvalue weighted by Crippen LogP contribution is -2.15. The topological polar surface area (TPSA) is 113 Å². The summed E-state index contributed by atoms with van der Waals surface area (Å²) >= 11 is 11.7. The highest BCUT2D eigenvalue weighted by atomic mass is 35.5. The van der Waals surface area contributed by atoms with Gasteiger partial charge in [-0.2, -0.15) is 0 Å². The molecule has 2 amide bonds. The van der Waals surface area contributed by atoms with Gasteiger partial charge < -0.3 is 15.7 Å². The van der Waals surface area contributed by atoms with E-state index in [1.54, 1.807) is 72.8 Å². The third-order valence-electron chi connectivity index (χ3n) is 5.67. The summed E-state index contributed by atoms with van der Waals surface area (Å²) in [4.78, 5) is 48.7. The number of carbonyl (C=O) groups excluding carboxylic acids is 3. The van der Waals surface area contributed by atoms with E-state index in [1.165, 1.54) is 12.1 Å². The van der Waals surface area contributed by atoms with Gasteiger partial charge in [-0.05, 0) is 90.3 Å². The fourth-order valence-corrected chi connectivity index (χ4v) is 4.00. The Morgan fingerprint density at radius 1 is 0.684 bits per heavy atom. The van der Waals surface area contributed by atoms with Gasteiger partial charge in [0.1, 0.15) is 0 Å². The lowest BCUT2D eigenvalue weighted by atomic mass is 9.99. The molecule has 0 radical (unpaired) electrons. The van der Waals surface area contributed by atoms with Crippen LogP contribution in [0.5, 0.6) is 0 Å². The molecule has 0 atom stereocenters. The molecule has 4 aromatic rings. The highest BCUT2D eigenvalue weighted by Crippen LogP contribution is 2.24. The lowest BCUT2D eigenvalue weighted by molar-refractivity contribution is 0.0697. The summed E-state index contributed by atoms with van der Waals surface area (Å²) < 4.78 is 0. The molecule has 0 aliphatic rings. The maximum Gasteiger partial charge on any atom is 0.337 e. The third kappa shape index (κ3) is 6.45. The number of anilines is 2. The Morgan fingerprint density at radius 3 is 1.66 bits per heavy atom. The van der Waals surface area contributed by atoms with Gasteiger partial charge in [0, 0.05) is 26.7 Å². The molecule has 0 saturated heterocycles. The number of aromatic carboxylic acids is 1. The zero-order valence-electron chi connectivity index (χ0n) is 19.7. The Kier molecular flexibility index (Phi) is 8.21. The minimum Gasteiger partial charge on any atom is -0.478 e. The number of rotatable bonds is 8. The molecule has 7 nitrogen and oxygen atoms in total. The summed E-state index contributed by atoms with van der Waals surface area (Å²) in [7, 11) is 0. The first-order valence-electron chi connectivity index (χ1n) is 11.3. The first kappa shape index (κ1) is 26.6. The molecule has 0 saturated carbocycles. The van der Waals surface area contributed by atoms with Crippen LogP contribution in [0.2, 0.25) is 10.0 Å². The van der Waals surface area contributed by atoms with Crippen LogP contribution in [0.4, 0.5) is 11.4 Å². The van der Waals surface area contributed by atoms with Crippen LogP contribution in [-0.4, -0.2) is 29.2 Å². The molecule has 4 rings (SSSR count). The molecule has 0 fully saturated rings. The van der Waals surface area contributed by atoms with E-state index in [0.717, 1.165) is 5.56 Å². The van der Waals surface area contributed by atoms with Gasteiger partial charge in [0.25, 0.3) is 11.8 Å².